The predicted octanol–water partition coefficient (Wildman–Crippen LogP) is 1.51. The van der Waals surface area contributed by atoms with Crippen LogP contribution in [0.2, 0.25) is 0 Å². The molecule has 1 saturated carbocycles. The quantitative estimate of drug-likeness (QED) is 0.743. The Morgan fingerprint density at radius 1 is 1.40 bits per heavy atom. The molecule has 0 aromatic heterocycles. The lowest BCUT2D eigenvalue weighted by atomic mass is 9.91. The first kappa shape index (κ1) is 12.5. The summed E-state index contributed by atoms with van der Waals surface area (Å²) in [5, 5.41) is 0. The van der Waals surface area contributed by atoms with Crippen LogP contribution in [0.1, 0.15) is 39.0 Å². The fraction of sp³-hybridized carbons (Fsp3) is 0.818. The summed E-state index contributed by atoms with van der Waals surface area (Å²) in [6.45, 7) is 1.68. The van der Waals surface area contributed by atoms with E-state index in [-0.39, 0.29) is 5.75 Å². The Morgan fingerprint density at radius 2 is 2.00 bits per heavy atom. The molecule has 1 rings (SSSR count). The molecule has 86 valence electrons. The molecular weight excluding hydrogens is 210 g/mol. The molecule has 0 aliphatic heterocycles. The number of sulfonamides is 1. The predicted molar refractivity (Wildman–Crippen MR) is 61.8 cm³/mol. The van der Waals surface area contributed by atoms with Crippen LogP contribution in [-0.2, 0) is 10.0 Å². The maximum absolute atomic E-state index is 11.7. The minimum atomic E-state index is -3.19. The Balaban J connectivity index is 2.45. The van der Waals surface area contributed by atoms with E-state index >= 15 is 0 Å². The van der Waals surface area contributed by atoms with Crippen molar-refractivity contribution in [2.75, 3.05) is 5.75 Å². The molecule has 15 heavy (non-hydrogen) atoms. The van der Waals surface area contributed by atoms with Crippen molar-refractivity contribution in [3.63, 3.8) is 0 Å². The Morgan fingerprint density at radius 3 is 2.53 bits per heavy atom. The molecule has 0 radical (unpaired) electrons. The van der Waals surface area contributed by atoms with E-state index in [0.29, 0.717) is 5.92 Å². The number of hydrogen-bond donors (Lipinski definition) is 1. The van der Waals surface area contributed by atoms with E-state index < -0.39 is 16.1 Å². The van der Waals surface area contributed by atoms with Crippen molar-refractivity contribution in [3.8, 4) is 12.3 Å². The molecule has 1 N–H and O–H groups in total. The summed E-state index contributed by atoms with van der Waals surface area (Å²) in [5.41, 5.74) is 0. The van der Waals surface area contributed by atoms with Crippen LogP contribution in [0, 0.1) is 18.3 Å². The van der Waals surface area contributed by atoms with Crippen LogP contribution in [0.3, 0.4) is 0 Å². The van der Waals surface area contributed by atoms with Gasteiger partial charge in [-0.3, -0.25) is 0 Å². The van der Waals surface area contributed by atoms with Gasteiger partial charge in [-0.05, 0) is 25.7 Å². The largest absolute Gasteiger partial charge is 0.212 e. The molecular formula is C11H19NO2S. The topological polar surface area (TPSA) is 46.2 Å². The number of hydrogen-bond acceptors (Lipinski definition) is 2. The van der Waals surface area contributed by atoms with Crippen molar-refractivity contribution >= 4 is 10.0 Å². The van der Waals surface area contributed by atoms with E-state index in [2.05, 4.69) is 10.6 Å². The van der Waals surface area contributed by atoms with E-state index in [1.165, 1.54) is 6.42 Å². The molecule has 0 spiro atoms. The molecule has 0 amide bonds. The summed E-state index contributed by atoms with van der Waals surface area (Å²) in [6.07, 6.45) is 10.8. The van der Waals surface area contributed by atoms with E-state index in [9.17, 15) is 8.42 Å². The first-order chi connectivity index (χ1) is 7.03. The minimum absolute atomic E-state index is 0.235. The number of nitrogens with one attached hydrogen (secondary N) is 1. The van der Waals surface area contributed by atoms with Crippen molar-refractivity contribution in [1.82, 2.24) is 4.72 Å². The number of rotatable bonds is 4. The molecule has 0 bridgehead atoms. The van der Waals surface area contributed by atoms with Crippen molar-refractivity contribution < 1.29 is 8.42 Å². The van der Waals surface area contributed by atoms with E-state index in [1.807, 2.05) is 0 Å². The molecule has 1 atom stereocenters. The summed E-state index contributed by atoms with van der Waals surface area (Å²) in [7, 11) is -3.19. The maximum Gasteiger partial charge on any atom is 0.212 e. The highest BCUT2D eigenvalue weighted by atomic mass is 32.2. The Bertz CT molecular complexity index is 323. The van der Waals surface area contributed by atoms with Crippen molar-refractivity contribution in [2.24, 2.45) is 5.92 Å². The molecule has 0 aromatic carbocycles. The zero-order valence-corrected chi connectivity index (χ0v) is 10.0. The van der Waals surface area contributed by atoms with Gasteiger partial charge in [-0.25, -0.2) is 13.1 Å². The van der Waals surface area contributed by atoms with Gasteiger partial charge in [-0.15, -0.1) is 6.42 Å². The smallest absolute Gasteiger partial charge is 0.212 e. The zero-order chi connectivity index (χ0) is 11.3. The van der Waals surface area contributed by atoms with Gasteiger partial charge in [0.1, 0.15) is 0 Å². The molecule has 3 nitrogen and oxygen atoms in total. The molecule has 0 saturated heterocycles. The second kappa shape index (κ2) is 5.53. The summed E-state index contributed by atoms with van der Waals surface area (Å²) in [4.78, 5) is 0. The Kier molecular flexibility index (Phi) is 4.62. The van der Waals surface area contributed by atoms with Crippen LogP contribution < -0.4 is 4.72 Å². The van der Waals surface area contributed by atoms with E-state index in [1.54, 1.807) is 6.92 Å². The molecule has 0 unspecified atom stereocenters. The second-order valence-corrected chi connectivity index (χ2v) is 6.09. The molecule has 1 fully saturated rings. The number of terminal acetylenes is 1. The second-order valence-electron chi connectivity index (χ2n) is 4.29. The van der Waals surface area contributed by atoms with Gasteiger partial charge >= 0.3 is 0 Å². The van der Waals surface area contributed by atoms with Crippen LogP contribution in [0.5, 0.6) is 0 Å². The van der Waals surface area contributed by atoms with Gasteiger partial charge in [-0.2, -0.15) is 0 Å². The van der Waals surface area contributed by atoms with Gasteiger partial charge in [0.15, 0.2) is 0 Å². The fourth-order valence-electron chi connectivity index (χ4n) is 2.02. The van der Waals surface area contributed by atoms with Crippen LogP contribution in [-0.4, -0.2) is 20.2 Å². The molecule has 1 aliphatic rings. The lowest BCUT2D eigenvalue weighted by Gasteiger charge is -2.21. The average Bonchev–Trinajstić information content (AvgIpc) is 2.17. The van der Waals surface area contributed by atoms with E-state index in [4.69, 9.17) is 6.42 Å². The highest BCUT2D eigenvalue weighted by Crippen LogP contribution is 2.24. The molecule has 0 aromatic rings. The minimum Gasteiger partial charge on any atom is -0.212 e. The Hall–Kier alpha value is -0.530. The third-order valence-corrected chi connectivity index (χ3v) is 4.41. The highest BCUT2D eigenvalue weighted by Gasteiger charge is 2.21. The van der Waals surface area contributed by atoms with Gasteiger partial charge in [0.05, 0.1) is 11.8 Å². The maximum atomic E-state index is 11.7. The lowest BCUT2D eigenvalue weighted by molar-refractivity contribution is 0.384. The summed E-state index contributed by atoms with van der Waals surface area (Å²) in [5.74, 6) is 2.92. The molecule has 1 aliphatic carbocycles. The lowest BCUT2D eigenvalue weighted by Crippen LogP contribution is -2.35. The van der Waals surface area contributed by atoms with Crippen LogP contribution in [0.15, 0.2) is 0 Å². The van der Waals surface area contributed by atoms with E-state index in [0.717, 1.165) is 25.7 Å². The monoisotopic (exact) mass is 229 g/mol. The SMILES string of the molecule is C#C[C@@H](C)NS(=O)(=O)CC1CCCCC1. The van der Waals surface area contributed by atoms with Crippen LogP contribution >= 0.6 is 0 Å². The first-order valence-electron chi connectivity index (χ1n) is 5.49. The third-order valence-electron chi connectivity index (χ3n) is 2.79. The van der Waals surface area contributed by atoms with Gasteiger partial charge in [0.25, 0.3) is 0 Å². The van der Waals surface area contributed by atoms with Crippen molar-refractivity contribution in [3.05, 3.63) is 0 Å². The van der Waals surface area contributed by atoms with Crippen LogP contribution in [0.25, 0.3) is 0 Å². The van der Waals surface area contributed by atoms with Crippen molar-refractivity contribution in [1.29, 1.82) is 0 Å². The van der Waals surface area contributed by atoms with Gasteiger partial charge < -0.3 is 0 Å². The van der Waals surface area contributed by atoms with Gasteiger partial charge in [-0.1, -0.05) is 25.2 Å². The third kappa shape index (κ3) is 4.67. The van der Waals surface area contributed by atoms with Crippen molar-refractivity contribution in [2.45, 2.75) is 45.1 Å². The van der Waals surface area contributed by atoms with Crippen LogP contribution in [0.4, 0.5) is 0 Å². The zero-order valence-electron chi connectivity index (χ0n) is 9.20. The summed E-state index contributed by atoms with van der Waals surface area (Å²) >= 11 is 0. The molecule has 0 heterocycles. The molecule has 4 heteroatoms. The standard InChI is InChI=1S/C11H19NO2S/c1-3-10(2)12-15(13,14)9-11-7-5-4-6-8-11/h1,10-12H,4-9H2,2H3/t10-/m1/s1. The Labute approximate surface area is 92.7 Å². The van der Waals surface area contributed by atoms with Gasteiger partial charge in [0.2, 0.25) is 10.0 Å². The average molecular weight is 229 g/mol. The fourth-order valence-corrected chi connectivity index (χ4v) is 3.67. The summed E-state index contributed by atoms with van der Waals surface area (Å²) in [6, 6.07) is -0.404. The van der Waals surface area contributed by atoms with Gasteiger partial charge in [0, 0.05) is 0 Å². The normalized spacial score (nSPS) is 20.8. The highest BCUT2D eigenvalue weighted by molar-refractivity contribution is 7.89. The first-order valence-corrected chi connectivity index (χ1v) is 7.15. The summed E-state index contributed by atoms with van der Waals surface area (Å²) < 4.78 is 25.8.